The summed E-state index contributed by atoms with van der Waals surface area (Å²) in [6.07, 6.45) is 1.90. The van der Waals surface area contributed by atoms with E-state index in [9.17, 15) is 0 Å². The first-order chi connectivity index (χ1) is 3.27. The topological polar surface area (TPSA) is 0 Å². The predicted molar refractivity (Wildman–Crippen MR) is 46.3 cm³/mol. The van der Waals surface area contributed by atoms with Gasteiger partial charge in [-0.25, -0.2) is 0 Å². The fourth-order valence-electron chi connectivity index (χ4n) is 0.217. The average Bonchev–Trinajstić information content (AvgIpc) is 1.61. The SMILES string of the molecule is C.C.CC#CC=C(C)C. The fourth-order valence-corrected chi connectivity index (χ4v) is 0.217. The van der Waals surface area contributed by atoms with E-state index in [0.717, 1.165) is 0 Å². The van der Waals surface area contributed by atoms with Crippen molar-refractivity contribution in [2.75, 3.05) is 0 Å². The highest BCUT2D eigenvalue weighted by molar-refractivity contribution is 5.17. The first kappa shape index (κ1) is 15.7. The summed E-state index contributed by atoms with van der Waals surface area (Å²) in [5, 5.41) is 0. The summed E-state index contributed by atoms with van der Waals surface area (Å²) >= 11 is 0. The Morgan fingerprint density at radius 1 is 1.22 bits per heavy atom. The van der Waals surface area contributed by atoms with E-state index < -0.39 is 0 Å². The molecule has 0 rings (SSSR count). The normalized spacial score (nSPS) is 4.78. The van der Waals surface area contributed by atoms with Crippen molar-refractivity contribution in [2.24, 2.45) is 0 Å². The molecular weight excluding hydrogens is 108 g/mol. The Balaban J connectivity index is -0.000000180. The molecule has 0 saturated carbocycles. The fraction of sp³-hybridized carbons (Fsp3) is 0.556. The molecule has 0 aliphatic carbocycles. The van der Waals surface area contributed by atoms with Crippen LogP contribution in [0, 0.1) is 11.8 Å². The van der Waals surface area contributed by atoms with Crippen LogP contribution < -0.4 is 0 Å². The van der Waals surface area contributed by atoms with Gasteiger partial charge in [-0.3, -0.25) is 0 Å². The third kappa shape index (κ3) is 18.8. The third-order valence-corrected chi connectivity index (χ3v) is 0.505. The maximum Gasteiger partial charge on any atom is -0.00235 e. The number of allylic oxidation sites excluding steroid dienone is 2. The van der Waals surface area contributed by atoms with Gasteiger partial charge in [-0.1, -0.05) is 26.3 Å². The molecule has 0 N–H and O–H groups in total. The molecule has 0 aliphatic rings. The van der Waals surface area contributed by atoms with Crippen LogP contribution in [0.25, 0.3) is 0 Å². The molecule has 9 heavy (non-hydrogen) atoms. The van der Waals surface area contributed by atoms with E-state index in [4.69, 9.17) is 0 Å². The highest BCUT2D eigenvalue weighted by Gasteiger charge is 1.65. The van der Waals surface area contributed by atoms with E-state index in [-0.39, 0.29) is 14.9 Å². The maximum atomic E-state index is 2.84. The molecule has 0 fully saturated rings. The molecule has 0 amide bonds. The van der Waals surface area contributed by atoms with Crippen LogP contribution in [0.1, 0.15) is 35.6 Å². The smallest absolute Gasteiger partial charge is 0.00235 e. The Kier molecular flexibility index (Phi) is 18.0. The van der Waals surface area contributed by atoms with Gasteiger partial charge in [0.25, 0.3) is 0 Å². The zero-order valence-electron chi connectivity index (χ0n) is 5.08. The van der Waals surface area contributed by atoms with Gasteiger partial charge in [0.05, 0.1) is 0 Å². The number of hydrogen-bond donors (Lipinski definition) is 0. The molecule has 0 bridgehead atoms. The Labute approximate surface area is 60.0 Å². The summed E-state index contributed by atoms with van der Waals surface area (Å²) in [4.78, 5) is 0. The van der Waals surface area contributed by atoms with Gasteiger partial charge in [-0.2, -0.15) is 0 Å². The molecule has 0 aliphatic heterocycles. The predicted octanol–water partition coefficient (Wildman–Crippen LogP) is 3.25. The molecule has 0 atom stereocenters. The van der Waals surface area contributed by atoms with E-state index in [1.54, 1.807) is 0 Å². The van der Waals surface area contributed by atoms with Gasteiger partial charge in [-0.15, -0.1) is 5.92 Å². The Hall–Kier alpha value is -0.700. The van der Waals surface area contributed by atoms with Crippen LogP contribution in [0.3, 0.4) is 0 Å². The van der Waals surface area contributed by atoms with Crippen LogP contribution in [-0.4, -0.2) is 0 Å². The van der Waals surface area contributed by atoms with Gasteiger partial charge in [0.15, 0.2) is 0 Å². The monoisotopic (exact) mass is 126 g/mol. The lowest BCUT2D eigenvalue weighted by Gasteiger charge is -1.74. The number of rotatable bonds is 0. The van der Waals surface area contributed by atoms with Crippen LogP contribution >= 0.6 is 0 Å². The standard InChI is InChI=1S/C7H10.2CH4/c1-4-5-6-7(2)3;;/h6H,1-3H3;2*1H4. The second-order valence-corrected chi connectivity index (χ2v) is 1.62. The molecular formula is C9H18. The molecule has 0 unspecified atom stereocenters. The first-order valence-electron chi connectivity index (χ1n) is 2.33. The second kappa shape index (κ2) is 10.3. The number of hydrogen-bond acceptors (Lipinski definition) is 0. The van der Waals surface area contributed by atoms with E-state index >= 15 is 0 Å². The van der Waals surface area contributed by atoms with Crippen LogP contribution in [0.15, 0.2) is 11.6 Å². The van der Waals surface area contributed by atoms with Gasteiger partial charge in [-0.05, 0) is 26.8 Å². The maximum absolute atomic E-state index is 2.84. The zero-order chi connectivity index (χ0) is 5.70. The molecule has 0 heteroatoms. The highest BCUT2D eigenvalue weighted by atomic mass is 13.7. The lowest BCUT2D eigenvalue weighted by Crippen LogP contribution is -1.56. The molecule has 0 aromatic heterocycles. The highest BCUT2D eigenvalue weighted by Crippen LogP contribution is 1.83. The second-order valence-electron chi connectivity index (χ2n) is 1.62. The van der Waals surface area contributed by atoms with Crippen LogP contribution in [0.5, 0.6) is 0 Å². The molecule has 0 aromatic carbocycles. The average molecular weight is 126 g/mol. The van der Waals surface area contributed by atoms with Crippen LogP contribution in [0.2, 0.25) is 0 Å². The van der Waals surface area contributed by atoms with Crippen LogP contribution in [-0.2, 0) is 0 Å². The summed E-state index contributed by atoms with van der Waals surface area (Å²) in [6, 6.07) is 0. The van der Waals surface area contributed by atoms with Gasteiger partial charge in [0.1, 0.15) is 0 Å². The Morgan fingerprint density at radius 3 is 1.78 bits per heavy atom. The van der Waals surface area contributed by atoms with E-state index in [1.807, 2.05) is 26.8 Å². The summed E-state index contributed by atoms with van der Waals surface area (Å²) in [6.45, 7) is 5.90. The summed E-state index contributed by atoms with van der Waals surface area (Å²) in [5.74, 6) is 5.61. The third-order valence-electron chi connectivity index (χ3n) is 0.505. The minimum absolute atomic E-state index is 0. The summed E-state index contributed by atoms with van der Waals surface area (Å²) in [7, 11) is 0. The van der Waals surface area contributed by atoms with Gasteiger partial charge in [0, 0.05) is 0 Å². The molecule has 54 valence electrons. The molecule has 0 spiro atoms. The van der Waals surface area contributed by atoms with Crippen molar-refractivity contribution >= 4 is 0 Å². The van der Waals surface area contributed by atoms with Crippen molar-refractivity contribution < 1.29 is 0 Å². The van der Waals surface area contributed by atoms with Crippen molar-refractivity contribution in [3.8, 4) is 11.8 Å². The van der Waals surface area contributed by atoms with E-state index in [0.29, 0.717) is 0 Å². The quantitative estimate of drug-likeness (QED) is 0.437. The van der Waals surface area contributed by atoms with Crippen molar-refractivity contribution in [3.05, 3.63) is 11.6 Å². The molecule has 0 nitrogen and oxygen atoms in total. The largest absolute Gasteiger partial charge is 0.102 e. The van der Waals surface area contributed by atoms with E-state index in [2.05, 4.69) is 11.8 Å². The van der Waals surface area contributed by atoms with Gasteiger partial charge < -0.3 is 0 Å². The lowest BCUT2D eigenvalue weighted by atomic mass is 10.3. The van der Waals surface area contributed by atoms with Gasteiger partial charge >= 0.3 is 0 Å². The van der Waals surface area contributed by atoms with Crippen LogP contribution in [0.4, 0.5) is 0 Å². The van der Waals surface area contributed by atoms with E-state index in [1.165, 1.54) is 5.57 Å². The van der Waals surface area contributed by atoms with Crippen molar-refractivity contribution in [1.82, 2.24) is 0 Å². The molecule has 0 heterocycles. The first-order valence-corrected chi connectivity index (χ1v) is 2.33. The minimum Gasteiger partial charge on any atom is -0.102 e. The lowest BCUT2D eigenvalue weighted by molar-refractivity contribution is 1.40. The molecule has 0 radical (unpaired) electrons. The zero-order valence-corrected chi connectivity index (χ0v) is 5.08. The minimum atomic E-state index is 0. The molecule has 0 aromatic rings. The van der Waals surface area contributed by atoms with Crippen molar-refractivity contribution in [3.63, 3.8) is 0 Å². The van der Waals surface area contributed by atoms with Crippen molar-refractivity contribution in [1.29, 1.82) is 0 Å². The summed E-state index contributed by atoms with van der Waals surface area (Å²) in [5.41, 5.74) is 1.26. The Morgan fingerprint density at radius 2 is 1.67 bits per heavy atom. The summed E-state index contributed by atoms with van der Waals surface area (Å²) < 4.78 is 0. The molecule has 0 saturated heterocycles. The van der Waals surface area contributed by atoms with Crippen molar-refractivity contribution in [2.45, 2.75) is 35.6 Å². The van der Waals surface area contributed by atoms with Gasteiger partial charge in [0.2, 0.25) is 0 Å². The Bertz CT molecular complexity index is 115.